The van der Waals surface area contributed by atoms with Gasteiger partial charge in [-0.1, -0.05) is 45.1 Å². The number of ether oxygens (including phenoxy) is 2. The van der Waals surface area contributed by atoms with E-state index >= 15 is 0 Å². The second-order valence-electron chi connectivity index (χ2n) is 5.04. The van der Waals surface area contributed by atoms with Gasteiger partial charge in [-0.2, -0.15) is 0 Å². The zero-order valence-electron chi connectivity index (χ0n) is 12.4. The molecule has 0 N–H and O–H groups in total. The summed E-state index contributed by atoms with van der Waals surface area (Å²) in [6, 6.07) is 7.95. The van der Waals surface area contributed by atoms with Crippen molar-refractivity contribution < 1.29 is 9.47 Å². The van der Waals surface area contributed by atoms with E-state index < -0.39 is 0 Å². The fraction of sp³-hybridized carbons (Fsp3) is 0.529. The lowest BCUT2D eigenvalue weighted by atomic mass is 10.0. The molecule has 1 aromatic rings. The van der Waals surface area contributed by atoms with E-state index in [1.54, 1.807) is 7.11 Å². The highest BCUT2D eigenvalue weighted by Crippen LogP contribution is 2.17. The van der Waals surface area contributed by atoms with Crippen LogP contribution in [0.3, 0.4) is 0 Å². The molecular weight excluding hydrogens is 236 g/mol. The molecule has 0 amide bonds. The molecule has 0 aliphatic rings. The highest BCUT2D eigenvalue weighted by molar-refractivity contribution is 5.49. The Morgan fingerprint density at radius 2 is 2.11 bits per heavy atom. The predicted molar refractivity (Wildman–Crippen MR) is 81.5 cm³/mol. The minimum Gasteiger partial charge on any atom is -0.491 e. The van der Waals surface area contributed by atoms with Gasteiger partial charge in [0.25, 0.3) is 0 Å². The van der Waals surface area contributed by atoms with Crippen molar-refractivity contribution in [2.45, 2.75) is 39.2 Å². The lowest BCUT2D eigenvalue weighted by molar-refractivity contribution is 0.0477. The molecular formula is C17H26O2. The van der Waals surface area contributed by atoms with Crippen molar-refractivity contribution in [1.29, 1.82) is 0 Å². The number of benzene rings is 1. The molecule has 0 saturated heterocycles. The molecule has 106 valence electrons. The van der Waals surface area contributed by atoms with Crippen molar-refractivity contribution in [2.24, 2.45) is 5.92 Å². The van der Waals surface area contributed by atoms with Crippen LogP contribution < -0.4 is 4.74 Å². The van der Waals surface area contributed by atoms with Crippen LogP contribution in [0.15, 0.2) is 30.8 Å². The molecule has 19 heavy (non-hydrogen) atoms. The Hall–Kier alpha value is -1.28. The van der Waals surface area contributed by atoms with Crippen LogP contribution in [-0.2, 0) is 4.74 Å². The van der Waals surface area contributed by atoms with Crippen molar-refractivity contribution >= 4 is 6.08 Å². The van der Waals surface area contributed by atoms with Crippen LogP contribution in [0.4, 0.5) is 0 Å². The van der Waals surface area contributed by atoms with Crippen molar-refractivity contribution in [2.75, 3.05) is 13.7 Å². The average molecular weight is 262 g/mol. The summed E-state index contributed by atoms with van der Waals surface area (Å²) in [6.07, 6.45) is 5.45. The van der Waals surface area contributed by atoms with Crippen LogP contribution in [0.2, 0.25) is 0 Å². The molecule has 0 fully saturated rings. The fourth-order valence-corrected chi connectivity index (χ4v) is 1.86. The quantitative estimate of drug-likeness (QED) is 0.650. The van der Waals surface area contributed by atoms with Crippen molar-refractivity contribution in [3.8, 4) is 5.75 Å². The zero-order chi connectivity index (χ0) is 14.1. The Labute approximate surface area is 117 Å². The maximum absolute atomic E-state index is 5.79. The van der Waals surface area contributed by atoms with Gasteiger partial charge in [-0.25, -0.2) is 0 Å². The van der Waals surface area contributed by atoms with Gasteiger partial charge in [0, 0.05) is 7.11 Å². The molecule has 0 radical (unpaired) electrons. The monoisotopic (exact) mass is 262 g/mol. The number of hydrogen-bond acceptors (Lipinski definition) is 2. The van der Waals surface area contributed by atoms with E-state index in [0.29, 0.717) is 6.61 Å². The number of rotatable bonds is 9. The van der Waals surface area contributed by atoms with Crippen LogP contribution in [-0.4, -0.2) is 19.8 Å². The SMILES string of the molecule is C=Cc1cccc(OCC(CCC(C)CC)OC)c1. The Morgan fingerprint density at radius 3 is 2.74 bits per heavy atom. The smallest absolute Gasteiger partial charge is 0.120 e. The molecule has 0 heterocycles. The molecule has 1 aromatic carbocycles. The Kier molecular flexibility index (Phi) is 7.27. The van der Waals surface area contributed by atoms with Crippen molar-refractivity contribution in [1.82, 2.24) is 0 Å². The molecule has 2 atom stereocenters. The predicted octanol–water partition coefficient (Wildman–Crippen LogP) is 4.55. The molecule has 0 aliphatic heterocycles. The number of methoxy groups -OCH3 is 1. The van der Waals surface area contributed by atoms with Gasteiger partial charge in [-0.05, 0) is 36.5 Å². The van der Waals surface area contributed by atoms with E-state index in [-0.39, 0.29) is 6.10 Å². The number of hydrogen-bond donors (Lipinski definition) is 0. The lowest BCUT2D eigenvalue weighted by Gasteiger charge is -2.18. The lowest BCUT2D eigenvalue weighted by Crippen LogP contribution is -2.21. The highest BCUT2D eigenvalue weighted by atomic mass is 16.5. The van der Waals surface area contributed by atoms with Gasteiger partial charge in [0.1, 0.15) is 12.4 Å². The Bertz CT molecular complexity index is 373. The van der Waals surface area contributed by atoms with Crippen molar-refractivity contribution in [3.63, 3.8) is 0 Å². The maximum atomic E-state index is 5.79. The first kappa shape index (κ1) is 15.8. The fourth-order valence-electron chi connectivity index (χ4n) is 1.86. The van der Waals surface area contributed by atoms with Gasteiger partial charge in [0.2, 0.25) is 0 Å². The third-order valence-corrected chi connectivity index (χ3v) is 3.54. The molecule has 0 saturated carbocycles. The summed E-state index contributed by atoms with van der Waals surface area (Å²) in [7, 11) is 1.75. The van der Waals surface area contributed by atoms with E-state index in [2.05, 4.69) is 20.4 Å². The third kappa shape index (κ3) is 5.93. The summed E-state index contributed by atoms with van der Waals surface area (Å²) in [5.74, 6) is 1.63. The Balaban J connectivity index is 2.41. The molecule has 0 spiro atoms. The molecule has 0 aliphatic carbocycles. The maximum Gasteiger partial charge on any atom is 0.120 e. The van der Waals surface area contributed by atoms with Gasteiger partial charge in [-0.15, -0.1) is 0 Å². The van der Waals surface area contributed by atoms with Gasteiger partial charge in [0.05, 0.1) is 6.10 Å². The molecule has 2 heteroatoms. The first-order valence-electron chi connectivity index (χ1n) is 7.07. The minimum absolute atomic E-state index is 0.168. The topological polar surface area (TPSA) is 18.5 Å². The highest BCUT2D eigenvalue weighted by Gasteiger charge is 2.10. The molecule has 0 bridgehead atoms. The molecule has 2 unspecified atom stereocenters. The van der Waals surface area contributed by atoms with E-state index in [1.807, 2.05) is 30.3 Å². The zero-order valence-corrected chi connectivity index (χ0v) is 12.4. The largest absolute Gasteiger partial charge is 0.491 e. The summed E-state index contributed by atoms with van der Waals surface area (Å²) in [4.78, 5) is 0. The molecule has 1 rings (SSSR count). The third-order valence-electron chi connectivity index (χ3n) is 3.54. The van der Waals surface area contributed by atoms with E-state index in [1.165, 1.54) is 12.8 Å². The Morgan fingerprint density at radius 1 is 1.32 bits per heavy atom. The summed E-state index contributed by atoms with van der Waals surface area (Å²) < 4.78 is 11.3. The van der Waals surface area contributed by atoms with E-state index in [0.717, 1.165) is 23.7 Å². The second kappa shape index (κ2) is 8.76. The second-order valence-corrected chi connectivity index (χ2v) is 5.04. The summed E-state index contributed by atoms with van der Waals surface area (Å²) >= 11 is 0. The molecule has 0 aromatic heterocycles. The molecule has 2 nitrogen and oxygen atoms in total. The minimum atomic E-state index is 0.168. The van der Waals surface area contributed by atoms with E-state index in [4.69, 9.17) is 9.47 Å². The van der Waals surface area contributed by atoms with Gasteiger partial charge < -0.3 is 9.47 Å². The summed E-state index contributed by atoms with van der Waals surface area (Å²) in [6.45, 7) is 8.87. The van der Waals surface area contributed by atoms with Crippen LogP contribution in [0.25, 0.3) is 6.08 Å². The van der Waals surface area contributed by atoms with Gasteiger partial charge in [-0.3, -0.25) is 0 Å². The van der Waals surface area contributed by atoms with E-state index in [9.17, 15) is 0 Å². The van der Waals surface area contributed by atoms with Crippen molar-refractivity contribution in [3.05, 3.63) is 36.4 Å². The van der Waals surface area contributed by atoms with Gasteiger partial charge in [0.15, 0.2) is 0 Å². The summed E-state index contributed by atoms with van der Waals surface area (Å²) in [5.41, 5.74) is 1.08. The van der Waals surface area contributed by atoms with Crippen LogP contribution >= 0.6 is 0 Å². The normalized spacial score (nSPS) is 13.8. The van der Waals surface area contributed by atoms with Crippen LogP contribution in [0, 0.1) is 5.92 Å². The van der Waals surface area contributed by atoms with Crippen LogP contribution in [0.1, 0.15) is 38.7 Å². The standard InChI is InChI=1S/C17H26O2/c1-5-14(3)10-11-17(18-4)13-19-16-9-7-8-15(6-2)12-16/h6-9,12,14,17H,2,5,10-11,13H2,1,3-4H3. The van der Waals surface area contributed by atoms with Crippen LogP contribution in [0.5, 0.6) is 5.75 Å². The first-order valence-corrected chi connectivity index (χ1v) is 7.07. The average Bonchev–Trinajstić information content (AvgIpc) is 2.47. The first-order chi connectivity index (χ1) is 9.19. The summed E-state index contributed by atoms with van der Waals surface area (Å²) in [5, 5.41) is 0. The van der Waals surface area contributed by atoms with Gasteiger partial charge >= 0.3 is 0 Å².